The lowest BCUT2D eigenvalue weighted by atomic mass is 10.0. The predicted molar refractivity (Wildman–Crippen MR) is 339 cm³/mol. The van der Waals surface area contributed by atoms with Crippen molar-refractivity contribution >= 4 is 17.9 Å². The normalized spacial score (nSPS) is 13.0. The fraction of sp³-hybridized carbons (Fsp3) is 0.653. The molecule has 442 valence electrons. The first-order chi connectivity index (χ1) is 38.5. The average molecular weight is 1080 g/mol. The number of ether oxygens (including phenoxy) is 3. The number of unbranched alkanes of at least 4 members (excludes halogenated alkanes) is 24. The molecule has 0 aliphatic heterocycles. The summed E-state index contributed by atoms with van der Waals surface area (Å²) in [6.45, 7) is 6.37. The maximum absolute atomic E-state index is 12.9. The third kappa shape index (κ3) is 62.4. The smallest absolute Gasteiger partial charge is 0.306 e. The van der Waals surface area contributed by atoms with E-state index in [0.29, 0.717) is 19.3 Å². The van der Waals surface area contributed by atoms with Gasteiger partial charge in [-0.1, -0.05) is 289 Å². The molecule has 0 spiro atoms. The highest BCUT2D eigenvalue weighted by Gasteiger charge is 2.19. The monoisotopic (exact) mass is 1080 g/mol. The second kappa shape index (κ2) is 65.1. The number of carbonyl (C=O) groups is 3. The lowest BCUT2D eigenvalue weighted by Crippen LogP contribution is -2.30. The Labute approximate surface area is 481 Å². The molecule has 0 aromatic heterocycles. The van der Waals surface area contributed by atoms with Crippen LogP contribution in [0.5, 0.6) is 0 Å². The van der Waals surface area contributed by atoms with Crippen LogP contribution in [-0.2, 0) is 28.6 Å². The number of esters is 3. The SMILES string of the molecule is CC/C=C\C/C=C\C/C=C\C/C=C\C/C=C\C/C=C\CCCCCCCCCCCCC(=O)OCC(COC(=O)CCCCCCCCCCCCCCCC)OC(=O)CCC/C=C\C/C=C\C/C=C\C/C=C\C/C=C\CC. The molecule has 0 bridgehead atoms. The van der Waals surface area contributed by atoms with Gasteiger partial charge in [0.1, 0.15) is 13.2 Å². The summed E-state index contributed by atoms with van der Waals surface area (Å²) < 4.78 is 16.9. The highest BCUT2D eigenvalue weighted by atomic mass is 16.6. The third-order valence-electron chi connectivity index (χ3n) is 13.4. The second-order valence-corrected chi connectivity index (χ2v) is 20.9. The summed E-state index contributed by atoms with van der Waals surface area (Å²) >= 11 is 0. The Kier molecular flexibility index (Phi) is 61.4. The number of hydrogen-bond acceptors (Lipinski definition) is 6. The summed E-state index contributed by atoms with van der Waals surface area (Å²) in [6, 6.07) is 0. The molecule has 6 heteroatoms. The second-order valence-electron chi connectivity index (χ2n) is 20.9. The van der Waals surface area contributed by atoms with Gasteiger partial charge in [-0.25, -0.2) is 0 Å². The molecule has 0 rings (SSSR count). The Morgan fingerprint density at radius 2 is 0.513 bits per heavy atom. The van der Waals surface area contributed by atoms with Crippen LogP contribution in [0.4, 0.5) is 0 Å². The van der Waals surface area contributed by atoms with E-state index in [1.54, 1.807) is 0 Å². The summed E-state index contributed by atoms with van der Waals surface area (Å²) in [5.74, 6) is -0.962. The van der Waals surface area contributed by atoms with Gasteiger partial charge in [0.25, 0.3) is 0 Å². The Morgan fingerprint density at radius 3 is 0.821 bits per heavy atom. The molecule has 0 heterocycles. The molecule has 0 radical (unpaired) electrons. The van der Waals surface area contributed by atoms with Crippen molar-refractivity contribution in [3.05, 3.63) is 134 Å². The molecule has 0 aromatic carbocycles. The molecular formula is C72H118O6. The summed E-state index contributed by atoms with van der Waals surface area (Å²) in [4.78, 5) is 38.3. The van der Waals surface area contributed by atoms with Crippen molar-refractivity contribution in [3.63, 3.8) is 0 Å². The first-order valence-corrected chi connectivity index (χ1v) is 32.2. The van der Waals surface area contributed by atoms with Crippen molar-refractivity contribution < 1.29 is 28.6 Å². The van der Waals surface area contributed by atoms with Gasteiger partial charge in [0.2, 0.25) is 0 Å². The van der Waals surface area contributed by atoms with Crippen molar-refractivity contribution in [1.29, 1.82) is 0 Å². The lowest BCUT2D eigenvalue weighted by molar-refractivity contribution is -0.167. The summed E-state index contributed by atoms with van der Waals surface area (Å²) in [7, 11) is 0. The van der Waals surface area contributed by atoms with Crippen LogP contribution in [0.3, 0.4) is 0 Å². The average Bonchev–Trinajstić information content (AvgIpc) is 3.44. The van der Waals surface area contributed by atoms with Crippen LogP contribution in [-0.4, -0.2) is 37.2 Å². The Bertz CT molecular complexity index is 1670. The van der Waals surface area contributed by atoms with Crippen LogP contribution in [0.2, 0.25) is 0 Å². The molecule has 0 N–H and O–H groups in total. The van der Waals surface area contributed by atoms with E-state index < -0.39 is 6.10 Å². The minimum atomic E-state index is -0.813. The van der Waals surface area contributed by atoms with E-state index in [0.717, 1.165) is 116 Å². The van der Waals surface area contributed by atoms with Gasteiger partial charge in [0, 0.05) is 19.3 Å². The van der Waals surface area contributed by atoms with Crippen molar-refractivity contribution in [2.24, 2.45) is 0 Å². The van der Waals surface area contributed by atoms with Gasteiger partial charge in [0.05, 0.1) is 0 Å². The van der Waals surface area contributed by atoms with Gasteiger partial charge in [-0.05, 0) is 109 Å². The minimum absolute atomic E-state index is 0.102. The summed E-state index contributed by atoms with van der Waals surface area (Å²) in [5, 5.41) is 0. The number of rotatable bonds is 57. The first kappa shape index (κ1) is 73.5. The van der Waals surface area contributed by atoms with Crippen LogP contribution in [0.1, 0.15) is 284 Å². The maximum Gasteiger partial charge on any atom is 0.306 e. The molecule has 0 aromatic rings. The molecule has 1 atom stereocenters. The highest BCUT2D eigenvalue weighted by Crippen LogP contribution is 2.16. The standard InChI is InChI=1S/C72H118O6/c1-4-7-10-13-16-19-22-25-28-30-31-32-33-34-35-36-37-38-39-40-41-43-44-47-50-53-56-59-62-65-71(74)77-68-69(67-76-70(73)64-61-58-55-52-49-46-27-24-21-18-15-12-9-6-3)78-72(75)66-63-60-57-54-51-48-45-42-29-26-23-20-17-14-11-8-5-2/h7-8,10-11,16-17,19-20,25-26,28-29,31-32,34-35,37-38,45,48,54,57,69H,4-6,9,12-15,18,21-24,27,30,33,36,39-44,46-47,49-53,55-56,58-68H2,1-3H3/b10-7-,11-8-,19-16-,20-17-,28-25-,29-26-,32-31-,35-34-,38-37-,48-45-,57-54-. The molecule has 0 saturated heterocycles. The number of carbonyl (C=O) groups excluding carboxylic acids is 3. The zero-order chi connectivity index (χ0) is 56.4. The lowest BCUT2D eigenvalue weighted by Gasteiger charge is -2.18. The number of allylic oxidation sites excluding steroid dienone is 22. The van der Waals surface area contributed by atoms with Crippen LogP contribution >= 0.6 is 0 Å². The zero-order valence-corrected chi connectivity index (χ0v) is 50.6. The van der Waals surface area contributed by atoms with Gasteiger partial charge >= 0.3 is 17.9 Å². The first-order valence-electron chi connectivity index (χ1n) is 32.2. The summed E-state index contributed by atoms with van der Waals surface area (Å²) in [5.41, 5.74) is 0. The van der Waals surface area contributed by atoms with Gasteiger partial charge in [-0.3, -0.25) is 14.4 Å². The van der Waals surface area contributed by atoms with E-state index in [9.17, 15) is 14.4 Å². The van der Waals surface area contributed by atoms with Crippen molar-refractivity contribution in [1.82, 2.24) is 0 Å². The van der Waals surface area contributed by atoms with E-state index in [4.69, 9.17) is 14.2 Å². The van der Waals surface area contributed by atoms with Crippen LogP contribution < -0.4 is 0 Å². The molecule has 0 amide bonds. The van der Waals surface area contributed by atoms with Crippen LogP contribution in [0.15, 0.2) is 134 Å². The van der Waals surface area contributed by atoms with E-state index in [1.807, 2.05) is 0 Å². The Hall–Kier alpha value is -4.45. The molecule has 0 aliphatic rings. The summed E-state index contributed by atoms with van der Waals surface area (Å²) in [6.07, 6.45) is 91.8. The van der Waals surface area contributed by atoms with Crippen LogP contribution in [0, 0.1) is 0 Å². The van der Waals surface area contributed by atoms with Gasteiger partial charge in [0.15, 0.2) is 6.10 Å². The van der Waals surface area contributed by atoms with E-state index in [2.05, 4.69) is 154 Å². The molecule has 78 heavy (non-hydrogen) atoms. The quantitative estimate of drug-likeness (QED) is 0.0261. The largest absolute Gasteiger partial charge is 0.462 e. The zero-order valence-electron chi connectivity index (χ0n) is 50.6. The molecule has 6 nitrogen and oxygen atoms in total. The predicted octanol–water partition coefficient (Wildman–Crippen LogP) is 22.2. The minimum Gasteiger partial charge on any atom is -0.462 e. The van der Waals surface area contributed by atoms with Gasteiger partial charge < -0.3 is 14.2 Å². The molecular weight excluding hydrogens is 961 g/mol. The van der Waals surface area contributed by atoms with E-state index >= 15 is 0 Å². The maximum atomic E-state index is 12.9. The number of hydrogen-bond donors (Lipinski definition) is 0. The third-order valence-corrected chi connectivity index (χ3v) is 13.4. The van der Waals surface area contributed by atoms with E-state index in [-0.39, 0.29) is 37.5 Å². The van der Waals surface area contributed by atoms with Crippen molar-refractivity contribution in [2.75, 3.05) is 13.2 Å². The van der Waals surface area contributed by atoms with E-state index in [1.165, 1.54) is 122 Å². The van der Waals surface area contributed by atoms with Crippen molar-refractivity contribution in [3.8, 4) is 0 Å². The fourth-order valence-corrected chi connectivity index (χ4v) is 8.66. The van der Waals surface area contributed by atoms with Gasteiger partial charge in [-0.15, -0.1) is 0 Å². The molecule has 0 aliphatic carbocycles. The molecule has 1 unspecified atom stereocenters. The van der Waals surface area contributed by atoms with Gasteiger partial charge in [-0.2, -0.15) is 0 Å². The van der Waals surface area contributed by atoms with Crippen LogP contribution in [0.25, 0.3) is 0 Å². The fourth-order valence-electron chi connectivity index (χ4n) is 8.66. The molecule has 0 fully saturated rings. The molecule has 0 saturated carbocycles. The Balaban J connectivity index is 4.37. The van der Waals surface area contributed by atoms with Crippen molar-refractivity contribution in [2.45, 2.75) is 290 Å². The Morgan fingerprint density at radius 1 is 0.269 bits per heavy atom. The highest BCUT2D eigenvalue weighted by molar-refractivity contribution is 5.71. The topological polar surface area (TPSA) is 78.9 Å².